The van der Waals surface area contributed by atoms with Gasteiger partial charge in [0.05, 0.1) is 6.10 Å². The monoisotopic (exact) mass is 273 g/mol. The first-order chi connectivity index (χ1) is 9.69. The zero-order valence-electron chi connectivity index (χ0n) is 12.9. The van der Waals surface area contributed by atoms with Gasteiger partial charge in [-0.1, -0.05) is 44.2 Å². The Morgan fingerprint density at radius 1 is 1.20 bits per heavy atom. The standard InChI is InChI=1S/C18H27NO/c1-4-18(3)16(12-17(18)20-5-2)19-15-11-14(15)13-9-7-6-8-10-13/h6-10,14-17,19H,4-5,11-12H2,1-3H3. The molecule has 1 N–H and O–H groups in total. The van der Waals surface area contributed by atoms with Crippen LogP contribution < -0.4 is 5.32 Å². The topological polar surface area (TPSA) is 21.3 Å². The van der Waals surface area contributed by atoms with Crippen LogP contribution in [0.5, 0.6) is 0 Å². The first kappa shape index (κ1) is 14.1. The number of rotatable bonds is 6. The zero-order valence-corrected chi connectivity index (χ0v) is 12.9. The highest BCUT2D eigenvalue weighted by molar-refractivity contribution is 5.28. The van der Waals surface area contributed by atoms with Gasteiger partial charge in [-0.3, -0.25) is 0 Å². The van der Waals surface area contributed by atoms with Crippen molar-refractivity contribution >= 4 is 0 Å². The molecule has 1 aromatic carbocycles. The second-order valence-corrected chi connectivity index (χ2v) is 6.62. The molecule has 0 bridgehead atoms. The Hall–Kier alpha value is -0.860. The highest BCUT2D eigenvalue weighted by atomic mass is 16.5. The van der Waals surface area contributed by atoms with E-state index in [1.54, 1.807) is 0 Å². The average Bonchev–Trinajstić information content (AvgIpc) is 3.25. The maximum absolute atomic E-state index is 5.89. The van der Waals surface area contributed by atoms with Gasteiger partial charge in [0.25, 0.3) is 0 Å². The Balaban J connectivity index is 1.56. The summed E-state index contributed by atoms with van der Waals surface area (Å²) in [4.78, 5) is 0. The molecule has 5 atom stereocenters. The number of hydrogen-bond acceptors (Lipinski definition) is 2. The van der Waals surface area contributed by atoms with Crippen LogP contribution in [-0.2, 0) is 4.74 Å². The van der Waals surface area contributed by atoms with Gasteiger partial charge in [-0.05, 0) is 31.7 Å². The molecule has 2 nitrogen and oxygen atoms in total. The highest BCUT2D eigenvalue weighted by Crippen LogP contribution is 2.49. The van der Waals surface area contributed by atoms with Crippen LogP contribution in [0, 0.1) is 5.41 Å². The number of nitrogens with one attached hydrogen (secondary N) is 1. The Morgan fingerprint density at radius 3 is 2.60 bits per heavy atom. The van der Waals surface area contributed by atoms with Crippen molar-refractivity contribution in [1.29, 1.82) is 0 Å². The van der Waals surface area contributed by atoms with Gasteiger partial charge in [-0.15, -0.1) is 0 Å². The van der Waals surface area contributed by atoms with Crippen molar-refractivity contribution < 1.29 is 4.74 Å². The molecule has 20 heavy (non-hydrogen) atoms. The van der Waals surface area contributed by atoms with E-state index in [9.17, 15) is 0 Å². The van der Waals surface area contributed by atoms with Crippen molar-refractivity contribution in [2.75, 3.05) is 6.61 Å². The minimum absolute atomic E-state index is 0.319. The minimum Gasteiger partial charge on any atom is -0.378 e. The Kier molecular flexibility index (Phi) is 3.87. The Bertz CT molecular complexity index is 446. The molecule has 0 aromatic heterocycles. The number of hydrogen-bond donors (Lipinski definition) is 1. The summed E-state index contributed by atoms with van der Waals surface area (Å²) in [5.74, 6) is 0.725. The summed E-state index contributed by atoms with van der Waals surface area (Å²) in [6.45, 7) is 7.61. The smallest absolute Gasteiger partial charge is 0.0658 e. The third kappa shape index (κ3) is 2.40. The maximum Gasteiger partial charge on any atom is 0.0658 e. The molecule has 0 radical (unpaired) electrons. The molecule has 0 spiro atoms. The van der Waals surface area contributed by atoms with Crippen molar-refractivity contribution in [3.05, 3.63) is 35.9 Å². The number of benzene rings is 1. The van der Waals surface area contributed by atoms with E-state index in [0.717, 1.165) is 12.5 Å². The lowest BCUT2D eigenvalue weighted by molar-refractivity contribution is -0.126. The van der Waals surface area contributed by atoms with Gasteiger partial charge in [0.2, 0.25) is 0 Å². The van der Waals surface area contributed by atoms with E-state index in [2.05, 4.69) is 56.4 Å². The Morgan fingerprint density at radius 2 is 1.95 bits per heavy atom. The largest absolute Gasteiger partial charge is 0.378 e. The molecular weight excluding hydrogens is 246 g/mol. The summed E-state index contributed by atoms with van der Waals surface area (Å²) < 4.78 is 5.89. The quantitative estimate of drug-likeness (QED) is 0.853. The molecule has 2 saturated carbocycles. The third-order valence-corrected chi connectivity index (χ3v) is 5.54. The molecule has 0 heterocycles. The van der Waals surface area contributed by atoms with Crippen molar-refractivity contribution in [3.8, 4) is 0 Å². The second kappa shape index (κ2) is 5.50. The van der Waals surface area contributed by atoms with E-state index in [1.807, 2.05) is 0 Å². The summed E-state index contributed by atoms with van der Waals surface area (Å²) in [6.07, 6.45) is 4.11. The maximum atomic E-state index is 5.89. The molecule has 110 valence electrons. The molecule has 1 aromatic rings. The minimum atomic E-state index is 0.319. The molecule has 3 rings (SSSR count). The zero-order chi connectivity index (χ0) is 14.2. The average molecular weight is 273 g/mol. The molecule has 0 saturated heterocycles. The van der Waals surface area contributed by atoms with Gasteiger partial charge in [0, 0.05) is 30.0 Å². The van der Waals surface area contributed by atoms with Crippen molar-refractivity contribution in [2.45, 2.75) is 64.1 Å². The molecular formula is C18H27NO. The summed E-state index contributed by atoms with van der Waals surface area (Å²) in [5.41, 5.74) is 1.81. The van der Waals surface area contributed by atoms with E-state index in [1.165, 1.54) is 24.8 Å². The van der Waals surface area contributed by atoms with Crippen LogP contribution in [0.25, 0.3) is 0 Å². The predicted molar refractivity (Wildman–Crippen MR) is 82.9 cm³/mol. The van der Waals surface area contributed by atoms with Crippen LogP contribution >= 0.6 is 0 Å². The van der Waals surface area contributed by atoms with Gasteiger partial charge in [0.15, 0.2) is 0 Å². The lowest BCUT2D eigenvalue weighted by Gasteiger charge is -2.54. The summed E-state index contributed by atoms with van der Waals surface area (Å²) in [6, 6.07) is 12.2. The molecule has 2 heteroatoms. The van der Waals surface area contributed by atoms with Gasteiger partial charge >= 0.3 is 0 Å². The predicted octanol–water partition coefficient (Wildman–Crippen LogP) is 3.73. The molecule has 0 aliphatic heterocycles. The third-order valence-electron chi connectivity index (χ3n) is 5.54. The molecule has 2 fully saturated rings. The van der Waals surface area contributed by atoms with E-state index in [4.69, 9.17) is 4.74 Å². The summed E-state index contributed by atoms with van der Waals surface area (Å²) in [5, 5.41) is 3.89. The van der Waals surface area contributed by atoms with Crippen molar-refractivity contribution in [1.82, 2.24) is 5.32 Å². The normalized spacial score (nSPS) is 39.4. The van der Waals surface area contributed by atoms with E-state index in [-0.39, 0.29) is 0 Å². The molecule has 0 amide bonds. The van der Waals surface area contributed by atoms with Crippen LogP contribution in [0.3, 0.4) is 0 Å². The van der Waals surface area contributed by atoms with E-state index >= 15 is 0 Å². The Labute approximate surface area is 122 Å². The number of ether oxygens (including phenoxy) is 1. The fourth-order valence-corrected chi connectivity index (χ4v) is 3.71. The lowest BCUT2D eigenvalue weighted by atomic mass is 9.61. The van der Waals surface area contributed by atoms with Gasteiger partial charge < -0.3 is 10.1 Å². The second-order valence-electron chi connectivity index (χ2n) is 6.62. The first-order valence-electron chi connectivity index (χ1n) is 8.11. The summed E-state index contributed by atoms with van der Waals surface area (Å²) >= 11 is 0. The molecule has 2 aliphatic rings. The van der Waals surface area contributed by atoms with E-state index < -0.39 is 0 Å². The van der Waals surface area contributed by atoms with Crippen LogP contribution in [0.15, 0.2) is 30.3 Å². The van der Waals surface area contributed by atoms with E-state index in [0.29, 0.717) is 23.6 Å². The highest BCUT2D eigenvalue weighted by Gasteiger charge is 2.53. The van der Waals surface area contributed by atoms with Crippen LogP contribution in [0.4, 0.5) is 0 Å². The fraction of sp³-hybridized carbons (Fsp3) is 0.667. The van der Waals surface area contributed by atoms with Crippen molar-refractivity contribution in [3.63, 3.8) is 0 Å². The van der Waals surface area contributed by atoms with Crippen LogP contribution in [0.2, 0.25) is 0 Å². The van der Waals surface area contributed by atoms with Gasteiger partial charge in [0.1, 0.15) is 0 Å². The van der Waals surface area contributed by atoms with Crippen molar-refractivity contribution in [2.24, 2.45) is 5.41 Å². The fourth-order valence-electron chi connectivity index (χ4n) is 3.71. The first-order valence-corrected chi connectivity index (χ1v) is 8.11. The van der Waals surface area contributed by atoms with Gasteiger partial charge in [-0.25, -0.2) is 0 Å². The molecule has 2 aliphatic carbocycles. The molecule has 5 unspecified atom stereocenters. The van der Waals surface area contributed by atoms with Crippen LogP contribution in [0.1, 0.15) is 51.5 Å². The lowest BCUT2D eigenvalue weighted by Crippen LogP contribution is -2.62. The summed E-state index contributed by atoms with van der Waals surface area (Å²) in [7, 11) is 0. The van der Waals surface area contributed by atoms with Crippen LogP contribution in [-0.4, -0.2) is 24.8 Å². The van der Waals surface area contributed by atoms with Gasteiger partial charge in [-0.2, -0.15) is 0 Å². The SMILES string of the molecule is CCOC1CC(NC2CC2c2ccccc2)C1(C)CC.